The summed E-state index contributed by atoms with van der Waals surface area (Å²) in [4.78, 5) is 10.7. The van der Waals surface area contributed by atoms with E-state index in [-0.39, 0.29) is 5.75 Å². The number of rotatable bonds is 5. The fraction of sp³-hybridized carbons (Fsp3) is 0.250. The van der Waals surface area contributed by atoms with Crippen molar-refractivity contribution in [2.75, 3.05) is 5.75 Å². The van der Waals surface area contributed by atoms with Crippen molar-refractivity contribution in [1.29, 1.82) is 0 Å². The maximum absolute atomic E-state index is 10.7. The van der Waals surface area contributed by atoms with Crippen molar-refractivity contribution in [1.82, 2.24) is 14.8 Å². The molecule has 1 N–H and O–H groups in total. The maximum Gasteiger partial charge on any atom is 0.313 e. The van der Waals surface area contributed by atoms with Gasteiger partial charge >= 0.3 is 5.97 Å². The average molecular weight is 468 g/mol. The number of aromatic nitrogens is 3. The lowest BCUT2D eigenvalue weighted by Gasteiger charge is -2.08. The Balaban J connectivity index is 2.42. The van der Waals surface area contributed by atoms with Gasteiger partial charge in [0.05, 0.1) is 5.75 Å². The molecule has 2 aromatic rings. The van der Waals surface area contributed by atoms with E-state index in [1.54, 1.807) is 0 Å². The van der Waals surface area contributed by atoms with E-state index >= 15 is 0 Å². The number of halogens is 2. The van der Waals surface area contributed by atoms with Crippen LogP contribution in [0.15, 0.2) is 27.8 Å². The lowest BCUT2D eigenvalue weighted by atomic mass is 10.2. The highest BCUT2D eigenvalue weighted by Gasteiger charge is 2.16. The van der Waals surface area contributed by atoms with Gasteiger partial charge in [0.2, 0.25) is 0 Å². The largest absolute Gasteiger partial charge is 0.481 e. The van der Waals surface area contributed by atoms with Gasteiger partial charge in [-0.25, -0.2) is 0 Å². The quantitative estimate of drug-likeness (QED) is 0.538. The van der Waals surface area contributed by atoms with Crippen LogP contribution in [0.1, 0.15) is 6.92 Å². The SMILES string of the molecule is CCn1c(SCC(=O)O)nnc1-c1cc(Br)ccc1I. The molecule has 0 spiro atoms. The van der Waals surface area contributed by atoms with E-state index in [1.165, 1.54) is 11.8 Å². The number of thioether (sulfide) groups is 1. The average Bonchev–Trinajstić information content (AvgIpc) is 2.81. The van der Waals surface area contributed by atoms with E-state index in [0.29, 0.717) is 11.7 Å². The van der Waals surface area contributed by atoms with Crippen LogP contribution < -0.4 is 0 Å². The predicted molar refractivity (Wildman–Crippen MR) is 89.9 cm³/mol. The van der Waals surface area contributed by atoms with Gasteiger partial charge in [0.1, 0.15) is 0 Å². The second-order valence-corrected chi connectivity index (χ2v) is 6.88. The molecule has 0 radical (unpaired) electrons. The van der Waals surface area contributed by atoms with Gasteiger partial charge < -0.3 is 9.67 Å². The molecule has 0 aliphatic rings. The number of hydrogen-bond acceptors (Lipinski definition) is 4. The molecule has 0 fully saturated rings. The first-order valence-corrected chi connectivity index (χ1v) is 8.62. The van der Waals surface area contributed by atoms with Crippen molar-refractivity contribution in [3.05, 3.63) is 26.2 Å². The molecule has 0 aliphatic heterocycles. The van der Waals surface area contributed by atoms with Crippen molar-refractivity contribution >= 4 is 56.3 Å². The van der Waals surface area contributed by atoms with Crippen LogP contribution in [0.4, 0.5) is 0 Å². The third-order valence-corrected chi connectivity index (χ3v) is 4.91. The Morgan fingerprint density at radius 3 is 2.90 bits per heavy atom. The molecule has 8 heteroatoms. The second-order valence-electron chi connectivity index (χ2n) is 3.86. The Hall–Kier alpha value is -0.610. The molecule has 0 bridgehead atoms. The summed E-state index contributed by atoms with van der Waals surface area (Å²) in [6.45, 7) is 2.68. The normalized spacial score (nSPS) is 10.8. The monoisotopic (exact) mass is 467 g/mol. The van der Waals surface area contributed by atoms with E-state index in [9.17, 15) is 4.79 Å². The Bertz CT molecular complexity index is 648. The van der Waals surface area contributed by atoms with E-state index in [1.807, 2.05) is 29.7 Å². The summed E-state index contributed by atoms with van der Waals surface area (Å²) in [5.41, 5.74) is 0.983. The topological polar surface area (TPSA) is 68.0 Å². The molecule has 0 aliphatic carbocycles. The molecule has 1 heterocycles. The number of benzene rings is 1. The van der Waals surface area contributed by atoms with Gasteiger partial charge in [0, 0.05) is 20.2 Å². The van der Waals surface area contributed by atoms with Crippen molar-refractivity contribution in [3.8, 4) is 11.4 Å². The van der Waals surface area contributed by atoms with Crippen LogP contribution in [-0.2, 0) is 11.3 Å². The molecule has 0 saturated carbocycles. The fourth-order valence-corrected chi connectivity index (χ4v) is 3.34. The van der Waals surface area contributed by atoms with Crippen molar-refractivity contribution < 1.29 is 9.90 Å². The van der Waals surface area contributed by atoms with Crippen LogP contribution in [0, 0.1) is 3.57 Å². The van der Waals surface area contributed by atoms with Crippen molar-refractivity contribution in [2.24, 2.45) is 0 Å². The first-order valence-electron chi connectivity index (χ1n) is 5.76. The van der Waals surface area contributed by atoms with E-state index < -0.39 is 5.97 Å². The van der Waals surface area contributed by atoms with E-state index in [4.69, 9.17) is 5.11 Å². The second kappa shape index (κ2) is 6.90. The Kier molecular flexibility index (Phi) is 5.44. The van der Waals surface area contributed by atoms with Crippen LogP contribution >= 0.6 is 50.3 Å². The Labute approximate surface area is 142 Å². The predicted octanol–water partition coefficient (Wildman–Crippen LogP) is 3.51. The molecule has 5 nitrogen and oxygen atoms in total. The molecule has 1 aromatic carbocycles. The first kappa shape index (κ1) is 15.8. The fourth-order valence-electron chi connectivity index (χ4n) is 1.67. The molecule has 0 unspecified atom stereocenters. The molecular formula is C12H11BrIN3O2S. The number of nitrogens with zero attached hydrogens (tertiary/aromatic N) is 3. The van der Waals surface area contributed by atoms with Crippen LogP contribution in [0.5, 0.6) is 0 Å². The van der Waals surface area contributed by atoms with Gasteiger partial charge in [-0.1, -0.05) is 27.7 Å². The molecule has 0 atom stereocenters. The first-order chi connectivity index (χ1) is 9.52. The van der Waals surface area contributed by atoms with Crippen molar-refractivity contribution in [3.63, 3.8) is 0 Å². The molecule has 106 valence electrons. The number of hydrogen-bond donors (Lipinski definition) is 1. The highest BCUT2D eigenvalue weighted by molar-refractivity contribution is 14.1. The zero-order valence-electron chi connectivity index (χ0n) is 10.5. The summed E-state index contributed by atoms with van der Waals surface area (Å²) < 4.78 is 3.97. The zero-order valence-corrected chi connectivity index (χ0v) is 15.1. The summed E-state index contributed by atoms with van der Waals surface area (Å²) in [5.74, 6) is -0.126. The standard InChI is InChI=1S/C12H11BrIN3O2S/c1-2-17-11(8-5-7(13)3-4-9(8)14)15-16-12(17)20-6-10(18)19/h3-5H,2,6H2,1H3,(H,18,19). The van der Waals surface area contributed by atoms with Gasteiger partial charge in [-0.15, -0.1) is 10.2 Å². The molecule has 0 saturated heterocycles. The molecular weight excluding hydrogens is 457 g/mol. The number of carboxylic acid groups (broad SMARTS) is 1. The van der Waals surface area contributed by atoms with Crippen molar-refractivity contribution in [2.45, 2.75) is 18.6 Å². The van der Waals surface area contributed by atoms with Gasteiger partial charge in [0.25, 0.3) is 0 Å². The summed E-state index contributed by atoms with van der Waals surface area (Å²) >= 11 is 6.89. The van der Waals surface area contributed by atoms with Gasteiger partial charge in [-0.2, -0.15) is 0 Å². The van der Waals surface area contributed by atoms with Crippen LogP contribution in [0.3, 0.4) is 0 Å². The molecule has 1 aromatic heterocycles. The highest BCUT2D eigenvalue weighted by atomic mass is 127. The Morgan fingerprint density at radius 1 is 1.50 bits per heavy atom. The number of carbonyl (C=O) groups is 1. The third kappa shape index (κ3) is 3.53. The lowest BCUT2D eigenvalue weighted by Crippen LogP contribution is -2.03. The molecule has 2 rings (SSSR count). The Morgan fingerprint density at radius 2 is 2.25 bits per heavy atom. The summed E-state index contributed by atoms with van der Waals surface area (Å²) in [6.07, 6.45) is 0. The van der Waals surface area contributed by atoms with Crippen LogP contribution in [-0.4, -0.2) is 31.6 Å². The van der Waals surface area contributed by atoms with Crippen LogP contribution in [0.25, 0.3) is 11.4 Å². The molecule has 20 heavy (non-hydrogen) atoms. The van der Waals surface area contributed by atoms with Gasteiger partial charge in [-0.05, 0) is 47.7 Å². The number of aliphatic carboxylic acids is 1. The molecule has 0 amide bonds. The summed E-state index contributed by atoms with van der Waals surface area (Å²) in [5, 5.41) is 17.7. The number of carboxylic acids is 1. The van der Waals surface area contributed by atoms with E-state index in [0.717, 1.165) is 19.4 Å². The minimum Gasteiger partial charge on any atom is -0.481 e. The van der Waals surface area contributed by atoms with Gasteiger partial charge in [-0.3, -0.25) is 4.79 Å². The van der Waals surface area contributed by atoms with Crippen LogP contribution in [0.2, 0.25) is 0 Å². The van der Waals surface area contributed by atoms with E-state index in [2.05, 4.69) is 48.7 Å². The summed E-state index contributed by atoms with van der Waals surface area (Å²) in [7, 11) is 0. The third-order valence-electron chi connectivity index (χ3n) is 2.53. The highest BCUT2D eigenvalue weighted by Crippen LogP contribution is 2.29. The van der Waals surface area contributed by atoms with Gasteiger partial charge in [0.15, 0.2) is 11.0 Å². The smallest absolute Gasteiger partial charge is 0.313 e. The minimum absolute atomic E-state index is 0.0201. The zero-order chi connectivity index (χ0) is 14.7. The summed E-state index contributed by atoms with van der Waals surface area (Å²) in [6, 6.07) is 5.96. The maximum atomic E-state index is 10.7. The minimum atomic E-state index is -0.862. The lowest BCUT2D eigenvalue weighted by molar-refractivity contribution is -0.133.